The van der Waals surface area contributed by atoms with Gasteiger partial charge in [-0.1, -0.05) is 19.1 Å². The van der Waals surface area contributed by atoms with Crippen LogP contribution < -0.4 is 4.74 Å². The summed E-state index contributed by atoms with van der Waals surface area (Å²) >= 11 is 0. The lowest BCUT2D eigenvalue weighted by Gasteiger charge is -2.51. The van der Waals surface area contributed by atoms with E-state index in [2.05, 4.69) is 31.2 Å². The zero-order valence-corrected chi connectivity index (χ0v) is 16.7. The SMILES string of the molecule is COc1ccc2c(c1)CC[C@@H]1[C@@H]2CCC2(C)C(N(C(C)=O)C(C)=O)=CC[C@@H]12. The summed E-state index contributed by atoms with van der Waals surface area (Å²) in [6, 6.07) is 6.54. The molecule has 1 fully saturated rings. The van der Waals surface area contributed by atoms with Crippen molar-refractivity contribution < 1.29 is 14.3 Å². The first-order chi connectivity index (χ1) is 12.9. The maximum atomic E-state index is 12.1. The fourth-order valence-corrected chi connectivity index (χ4v) is 6.14. The van der Waals surface area contributed by atoms with Gasteiger partial charge in [-0.05, 0) is 73.1 Å². The minimum absolute atomic E-state index is 0.0809. The Morgan fingerprint density at radius 1 is 1.19 bits per heavy atom. The van der Waals surface area contributed by atoms with Gasteiger partial charge in [0, 0.05) is 25.0 Å². The van der Waals surface area contributed by atoms with E-state index in [1.165, 1.54) is 36.3 Å². The van der Waals surface area contributed by atoms with Crippen molar-refractivity contribution >= 4 is 11.8 Å². The number of amides is 2. The first-order valence-corrected chi connectivity index (χ1v) is 10.1. The molecule has 1 aromatic carbocycles. The summed E-state index contributed by atoms with van der Waals surface area (Å²) in [6.45, 7) is 5.26. The fraction of sp³-hybridized carbons (Fsp3) is 0.565. The van der Waals surface area contributed by atoms with E-state index in [4.69, 9.17) is 4.74 Å². The number of aryl methyl sites for hydroxylation is 1. The average molecular weight is 367 g/mol. The fourth-order valence-electron chi connectivity index (χ4n) is 6.14. The Hall–Kier alpha value is -2.10. The third-order valence-electron chi connectivity index (χ3n) is 7.34. The maximum absolute atomic E-state index is 12.1. The van der Waals surface area contributed by atoms with Crippen LogP contribution in [0.4, 0.5) is 0 Å². The van der Waals surface area contributed by atoms with E-state index in [1.54, 1.807) is 7.11 Å². The standard InChI is InChI=1S/C23H29NO3/c1-14(25)24(15(2)26)22-10-9-21-20-7-5-16-13-17(27-4)6-8-18(16)19(20)11-12-23(21,22)3/h6,8,10,13,19-21H,5,7,9,11-12H2,1-4H3/t19-,20-,21+,23?/m1/s1. The Bertz CT molecular complexity index is 813. The highest BCUT2D eigenvalue weighted by atomic mass is 16.5. The molecule has 0 N–H and O–H groups in total. The van der Waals surface area contributed by atoms with Gasteiger partial charge in [0.25, 0.3) is 0 Å². The summed E-state index contributed by atoms with van der Waals surface area (Å²) in [5.74, 6) is 2.30. The van der Waals surface area contributed by atoms with Crippen molar-refractivity contribution in [1.82, 2.24) is 4.90 Å². The van der Waals surface area contributed by atoms with E-state index < -0.39 is 0 Å². The number of hydrogen-bond donors (Lipinski definition) is 0. The summed E-state index contributed by atoms with van der Waals surface area (Å²) in [7, 11) is 1.72. The van der Waals surface area contributed by atoms with Gasteiger partial charge < -0.3 is 4.74 Å². The second-order valence-electron chi connectivity index (χ2n) is 8.63. The van der Waals surface area contributed by atoms with Crippen LogP contribution in [0.2, 0.25) is 0 Å². The average Bonchev–Trinajstić information content (AvgIpc) is 2.97. The van der Waals surface area contributed by atoms with Gasteiger partial charge in [-0.15, -0.1) is 0 Å². The number of ether oxygens (including phenoxy) is 1. The van der Waals surface area contributed by atoms with Crippen molar-refractivity contribution in [2.75, 3.05) is 7.11 Å². The van der Waals surface area contributed by atoms with Crippen molar-refractivity contribution in [3.05, 3.63) is 41.1 Å². The van der Waals surface area contributed by atoms with E-state index in [0.29, 0.717) is 17.8 Å². The van der Waals surface area contributed by atoms with Crippen molar-refractivity contribution in [1.29, 1.82) is 0 Å². The number of hydrogen-bond acceptors (Lipinski definition) is 3. The molecule has 4 rings (SSSR count). The number of allylic oxidation sites excluding steroid dienone is 2. The van der Waals surface area contributed by atoms with E-state index >= 15 is 0 Å². The van der Waals surface area contributed by atoms with Gasteiger partial charge in [0.2, 0.25) is 11.8 Å². The Balaban J connectivity index is 1.65. The van der Waals surface area contributed by atoms with Crippen LogP contribution in [0.1, 0.15) is 63.5 Å². The Kier molecular flexibility index (Phi) is 4.40. The molecule has 2 amide bonds. The molecule has 4 nitrogen and oxygen atoms in total. The quantitative estimate of drug-likeness (QED) is 0.776. The number of fused-ring (bicyclic) bond motifs is 5. The van der Waals surface area contributed by atoms with E-state index in [9.17, 15) is 9.59 Å². The molecule has 0 saturated heterocycles. The lowest BCUT2D eigenvalue weighted by Crippen LogP contribution is -2.46. The van der Waals surface area contributed by atoms with Gasteiger partial charge >= 0.3 is 0 Å². The molecule has 27 heavy (non-hydrogen) atoms. The lowest BCUT2D eigenvalue weighted by atomic mass is 9.55. The largest absolute Gasteiger partial charge is 0.497 e. The van der Waals surface area contributed by atoms with Crippen LogP contribution in [0.15, 0.2) is 30.0 Å². The molecule has 0 spiro atoms. The van der Waals surface area contributed by atoms with Gasteiger partial charge in [-0.25, -0.2) is 0 Å². The van der Waals surface area contributed by atoms with E-state index in [0.717, 1.165) is 37.1 Å². The summed E-state index contributed by atoms with van der Waals surface area (Å²) in [6.07, 6.45) is 7.52. The van der Waals surface area contributed by atoms with Crippen LogP contribution in [-0.4, -0.2) is 23.8 Å². The van der Waals surface area contributed by atoms with Crippen molar-refractivity contribution in [2.24, 2.45) is 17.3 Å². The zero-order valence-electron chi connectivity index (χ0n) is 16.7. The molecule has 4 heteroatoms. The molecule has 1 aromatic rings. The molecular weight excluding hydrogens is 338 g/mol. The van der Waals surface area contributed by atoms with Gasteiger partial charge in [-0.3, -0.25) is 14.5 Å². The topological polar surface area (TPSA) is 46.6 Å². The molecule has 3 aliphatic rings. The van der Waals surface area contributed by atoms with Crippen LogP contribution >= 0.6 is 0 Å². The van der Waals surface area contributed by atoms with Crippen LogP contribution in [0.5, 0.6) is 5.75 Å². The molecule has 144 valence electrons. The van der Waals surface area contributed by atoms with Crippen molar-refractivity contribution in [3.63, 3.8) is 0 Å². The summed E-state index contributed by atoms with van der Waals surface area (Å²) in [4.78, 5) is 25.7. The molecular formula is C23H29NO3. The first-order valence-electron chi connectivity index (χ1n) is 10.1. The predicted molar refractivity (Wildman–Crippen MR) is 104 cm³/mol. The monoisotopic (exact) mass is 367 g/mol. The highest BCUT2D eigenvalue weighted by Crippen LogP contribution is 2.61. The minimum Gasteiger partial charge on any atom is -0.497 e. The van der Waals surface area contributed by atoms with Gasteiger partial charge in [0.05, 0.1) is 7.11 Å². The number of rotatable bonds is 2. The molecule has 1 unspecified atom stereocenters. The maximum Gasteiger partial charge on any atom is 0.230 e. The first kappa shape index (κ1) is 18.3. The van der Waals surface area contributed by atoms with Gasteiger partial charge in [0.15, 0.2) is 0 Å². The van der Waals surface area contributed by atoms with E-state index in [-0.39, 0.29) is 17.2 Å². The molecule has 3 aliphatic carbocycles. The summed E-state index contributed by atoms with van der Waals surface area (Å²) < 4.78 is 5.41. The molecule has 0 aromatic heterocycles. The molecule has 1 saturated carbocycles. The van der Waals surface area contributed by atoms with Crippen LogP contribution in [-0.2, 0) is 16.0 Å². The highest BCUT2D eigenvalue weighted by molar-refractivity contribution is 5.95. The summed E-state index contributed by atoms with van der Waals surface area (Å²) in [5, 5.41) is 0. The molecule has 0 aliphatic heterocycles. The predicted octanol–water partition coefficient (Wildman–Crippen LogP) is 4.44. The van der Waals surface area contributed by atoms with Crippen LogP contribution in [0.3, 0.4) is 0 Å². The molecule has 4 atom stereocenters. The highest BCUT2D eigenvalue weighted by Gasteiger charge is 2.53. The van der Waals surface area contributed by atoms with Gasteiger partial charge in [-0.2, -0.15) is 0 Å². The number of carbonyl (C=O) groups excluding carboxylic acids is 2. The summed E-state index contributed by atoms with van der Waals surface area (Å²) in [5.41, 5.74) is 3.78. The van der Waals surface area contributed by atoms with Crippen LogP contribution in [0, 0.1) is 17.3 Å². The van der Waals surface area contributed by atoms with E-state index in [1.807, 2.05) is 0 Å². The number of benzene rings is 1. The lowest BCUT2D eigenvalue weighted by molar-refractivity contribution is -0.141. The molecule has 0 heterocycles. The molecule has 0 radical (unpaired) electrons. The normalized spacial score (nSPS) is 31.3. The molecule has 0 bridgehead atoms. The van der Waals surface area contributed by atoms with Crippen molar-refractivity contribution in [3.8, 4) is 5.75 Å². The number of imide groups is 1. The minimum atomic E-state index is -0.168. The van der Waals surface area contributed by atoms with Crippen molar-refractivity contribution in [2.45, 2.75) is 58.8 Å². The van der Waals surface area contributed by atoms with Gasteiger partial charge in [0.1, 0.15) is 5.75 Å². The Morgan fingerprint density at radius 2 is 1.93 bits per heavy atom. The number of methoxy groups -OCH3 is 1. The second-order valence-corrected chi connectivity index (χ2v) is 8.63. The Labute approximate surface area is 161 Å². The third-order valence-corrected chi connectivity index (χ3v) is 7.34. The third kappa shape index (κ3) is 2.72. The smallest absolute Gasteiger partial charge is 0.230 e. The number of carbonyl (C=O) groups is 2. The van der Waals surface area contributed by atoms with Crippen LogP contribution in [0.25, 0.3) is 0 Å². The zero-order chi connectivity index (χ0) is 19.3. The number of nitrogens with zero attached hydrogens (tertiary/aromatic N) is 1. The Morgan fingerprint density at radius 3 is 2.59 bits per heavy atom. The second kappa shape index (κ2) is 6.50.